The van der Waals surface area contributed by atoms with E-state index in [0.717, 1.165) is 22.9 Å². The first-order valence-corrected chi connectivity index (χ1v) is 12.8. The van der Waals surface area contributed by atoms with Gasteiger partial charge >= 0.3 is 0 Å². The molecule has 0 aliphatic carbocycles. The average Bonchev–Trinajstić information content (AvgIpc) is 2.86. The number of anilines is 1. The van der Waals surface area contributed by atoms with Gasteiger partial charge in [0.25, 0.3) is 10.0 Å². The fourth-order valence-corrected chi connectivity index (χ4v) is 4.71. The highest BCUT2D eigenvalue weighted by molar-refractivity contribution is 7.92. The number of hydrogen-bond acceptors (Lipinski definition) is 5. The third kappa shape index (κ3) is 7.19. The molecule has 1 amide bonds. The molecule has 0 heterocycles. The van der Waals surface area contributed by atoms with Gasteiger partial charge in [0.2, 0.25) is 5.91 Å². The second-order valence-electron chi connectivity index (χ2n) is 7.59. The summed E-state index contributed by atoms with van der Waals surface area (Å²) in [5.41, 5.74) is 1.47. The number of hydrogen-bond donors (Lipinski definition) is 1. The lowest BCUT2D eigenvalue weighted by molar-refractivity contribution is -0.119. The minimum atomic E-state index is -4.14. The Hall–Kier alpha value is -3.59. The molecule has 0 bridgehead atoms. The standard InChI is InChI=1S/C26H29FN2O5S/c1-3-20-5-11-24(12-6-20)34-18-17-28-26(30)19-29(22-9-13-23(14-10-22)33-4-2)35(31,32)25-15-7-21(27)8-16-25/h5-16H,3-4,17-19H2,1-2H3,(H,28,30). The van der Waals surface area contributed by atoms with Crippen molar-refractivity contribution >= 4 is 21.6 Å². The lowest BCUT2D eigenvalue weighted by Crippen LogP contribution is -2.41. The first kappa shape index (κ1) is 26.0. The Morgan fingerprint density at radius 2 is 1.49 bits per heavy atom. The van der Waals surface area contributed by atoms with E-state index in [4.69, 9.17) is 9.47 Å². The molecule has 0 aliphatic rings. The van der Waals surface area contributed by atoms with Crippen molar-refractivity contribution in [3.63, 3.8) is 0 Å². The third-order valence-electron chi connectivity index (χ3n) is 5.15. The van der Waals surface area contributed by atoms with Crippen LogP contribution in [0, 0.1) is 5.82 Å². The molecule has 0 atom stereocenters. The zero-order valence-electron chi connectivity index (χ0n) is 19.7. The van der Waals surface area contributed by atoms with Crippen LogP contribution in [0.2, 0.25) is 0 Å². The van der Waals surface area contributed by atoms with Gasteiger partial charge in [-0.05, 0) is 79.6 Å². The first-order chi connectivity index (χ1) is 16.8. The van der Waals surface area contributed by atoms with Crippen molar-refractivity contribution in [1.82, 2.24) is 5.32 Å². The van der Waals surface area contributed by atoms with Crippen molar-refractivity contribution in [3.8, 4) is 11.5 Å². The summed E-state index contributed by atoms with van der Waals surface area (Å²) in [5.74, 6) is 0.198. The molecule has 186 valence electrons. The Kier molecular flexibility index (Phi) is 9.08. The van der Waals surface area contributed by atoms with Gasteiger partial charge in [0.05, 0.1) is 23.7 Å². The van der Waals surface area contributed by atoms with Crippen molar-refractivity contribution in [3.05, 3.63) is 84.2 Å². The van der Waals surface area contributed by atoms with Crippen LogP contribution in [0.5, 0.6) is 11.5 Å². The van der Waals surface area contributed by atoms with E-state index >= 15 is 0 Å². The quantitative estimate of drug-likeness (QED) is 0.377. The van der Waals surface area contributed by atoms with E-state index in [1.165, 1.54) is 17.7 Å². The number of carbonyl (C=O) groups excluding carboxylic acids is 1. The predicted octanol–water partition coefficient (Wildman–Crippen LogP) is 4.18. The number of amides is 1. The molecule has 7 nitrogen and oxygen atoms in total. The van der Waals surface area contributed by atoms with Crippen LogP contribution in [0.25, 0.3) is 0 Å². The van der Waals surface area contributed by atoms with Gasteiger partial charge in [-0.25, -0.2) is 12.8 Å². The van der Waals surface area contributed by atoms with Crippen molar-refractivity contribution in [1.29, 1.82) is 0 Å². The summed E-state index contributed by atoms with van der Waals surface area (Å²) in [7, 11) is -4.14. The smallest absolute Gasteiger partial charge is 0.264 e. The largest absolute Gasteiger partial charge is 0.494 e. The summed E-state index contributed by atoms with van der Waals surface area (Å²) in [5, 5.41) is 2.69. The van der Waals surface area contributed by atoms with Crippen molar-refractivity contribution < 1.29 is 27.1 Å². The molecule has 1 N–H and O–H groups in total. The predicted molar refractivity (Wildman–Crippen MR) is 133 cm³/mol. The van der Waals surface area contributed by atoms with Crippen molar-refractivity contribution in [2.75, 3.05) is 30.6 Å². The Balaban J connectivity index is 1.69. The maximum atomic E-state index is 13.4. The Morgan fingerprint density at radius 1 is 0.886 bits per heavy atom. The van der Waals surface area contributed by atoms with Crippen LogP contribution in [0.4, 0.5) is 10.1 Å². The summed E-state index contributed by atoms with van der Waals surface area (Å²) in [6.07, 6.45) is 0.933. The van der Waals surface area contributed by atoms with E-state index in [1.54, 1.807) is 24.3 Å². The summed E-state index contributed by atoms with van der Waals surface area (Å²) in [4.78, 5) is 12.5. The Labute approximate surface area is 205 Å². The molecule has 0 saturated carbocycles. The number of nitrogens with one attached hydrogen (secondary N) is 1. The number of carbonyl (C=O) groups is 1. The zero-order chi connectivity index (χ0) is 25.3. The fraction of sp³-hybridized carbons (Fsp3) is 0.269. The molecule has 3 rings (SSSR count). The Bertz CT molecular complexity index is 1200. The summed E-state index contributed by atoms with van der Waals surface area (Å²) < 4.78 is 52.0. The number of benzene rings is 3. The van der Waals surface area contributed by atoms with Gasteiger partial charge in [0.1, 0.15) is 30.5 Å². The highest BCUT2D eigenvalue weighted by Gasteiger charge is 2.27. The lowest BCUT2D eigenvalue weighted by atomic mass is 10.2. The molecule has 0 fully saturated rings. The highest BCUT2D eigenvalue weighted by atomic mass is 32.2. The van der Waals surface area contributed by atoms with Crippen LogP contribution in [-0.2, 0) is 21.2 Å². The number of aryl methyl sites for hydroxylation is 1. The molecule has 0 unspecified atom stereocenters. The number of halogens is 1. The van der Waals surface area contributed by atoms with Crippen LogP contribution >= 0.6 is 0 Å². The molecule has 0 spiro atoms. The van der Waals surface area contributed by atoms with Gasteiger partial charge < -0.3 is 14.8 Å². The number of ether oxygens (including phenoxy) is 2. The van der Waals surface area contributed by atoms with Gasteiger partial charge in [-0.1, -0.05) is 19.1 Å². The van der Waals surface area contributed by atoms with E-state index in [-0.39, 0.29) is 23.7 Å². The van der Waals surface area contributed by atoms with Crippen LogP contribution in [0.1, 0.15) is 19.4 Å². The lowest BCUT2D eigenvalue weighted by Gasteiger charge is -2.24. The van der Waals surface area contributed by atoms with Crippen LogP contribution in [-0.4, -0.2) is 40.6 Å². The van der Waals surface area contributed by atoms with Crippen molar-refractivity contribution in [2.24, 2.45) is 0 Å². The summed E-state index contributed by atoms with van der Waals surface area (Å²) in [6, 6.07) is 18.5. The summed E-state index contributed by atoms with van der Waals surface area (Å²) >= 11 is 0. The van der Waals surface area contributed by atoms with E-state index in [9.17, 15) is 17.6 Å². The Morgan fingerprint density at radius 3 is 2.09 bits per heavy atom. The number of sulfonamides is 1. The molecule has 0 aromatic heterocycles. The first-order valence-electron chi connectivity index (χ1n) is 11.3. The van der Waals surface area contributed by atoms with E-state index in [2.05, 4.69) is 12.2 Å². The van der Waals surface area contributed by atoms with Gasteiger partial charge in [-0.2, -0.15) is 0 Å². The fourth-order valence-electron chi connectivity index (χ4n) is 3.29. The number of rotatable bonds is 12. The number of nitrogens with zero attached hydrogens (tertiary/aromatic N) is 1. The molecule has 0 saturated heterocycles. The molecular weight excluding hydrogens is 471 g/mol. The molecule has 3 aromatic carbocycles. The summed E-state index contributed by atoms with van der Waals surface area (Å²) in [6.45, 7) is 4.34. The zero-order valence-corrected chi connectivity index (χ0v) is 20.6. The molecule has 9 heteroatoms. The van der Waals surface area contributed by atoms with E-state index < -0.39 is 28.3 Å². The third-order valence-corrected chi connectivity index (χ3v) is 6.94. The molecule has 0 aliphatic heterocycles. The normalized spacial score (nSPS) is 11.1. The molecule has 0 radical (unpaired) electrons. The van der Waals surface area contributed by atoms with Crippen LogP contribution < -0.4 is 19.1 Å². The van der Waals surface area contributed by atoms with Crippen LogP contribution in [0.15, 0.2) is 77.7 Å². The maximum Gasteiger partial charge on any atom is 0.264 e. The molecule has 3 aromatic rings. The SMILES string of the molecule is CCOc1ccc(N(CC(=O)NCCOc2ccc(CC)cc2)S(=O)(=O)c2ccc(F)cc2)cc1. The van der Waals surface area contributed by atoms with Gasteiger partial charge in [-0.3, -0.25) is 9.10 Å². The maximum absolute atomic E-state index is 13.4. The second-order valence-corrected chi connectivity index (χ2v) is 9.45. The van der Waals surface area contributed by atoms with Gasteiger partial charge in [0, 0.05) is 0 Å². The van der Waals surface area contributed by atoms with Crippen molar-refractivity contribution in [2.45, 2.75) is 25.2 Å². The van der Waals surface area contributed by atoms with Gasteiger partial charge in [-0.15, -0.1) is 0 Å². The monoisotopic (exact) mass is 500 g/mol. The van der Waals surface area contributed by atoms with E-state index in [0.29, 0.717) is 18.1 Å². The van der Waals surface area contributed by atoms with Crippen LogP contribution in [0.3, 0.4) is 0 Å². The molecule has 35 heavy (non-hydrogen) atoms. The second kappa shape index (κ2) is 12.2. The minimum absolute atomic E-state index is 0.126. The minimum Gasteiger partial charge on any atom is -0.494 e. The van der Waals surface area contributed by atoms with E-state index in [1.807, 2.05) is 31.2 Å². The molecular formula is C26H29FN2O5S. The highest BCUT2D eigenvalue weighted by Crippen LogP contribution is 2.26. The topological polar surface area (TPSA) is 84.9 Å². The average molecular weight is 501 g/mol. The van der Waals surface area contributed by atoms with Gasteiger partial charge in [0.15, 0.2) is 0 Å².